The molecule has 0 spiro atoms. The number of likely N-dealkylation sites (N-methyl/N-ethyl adjacent to an activating group) is 1. The predicted octanol–water partition coefficient (Wildman–Crippen LogP) is 3.43. The number of carbonyl (C=O) groups is 1. The summed E-state index contributed by atoms with van der Waals surface area (Å²) in [6.45, 7) is 3.26. The second kappa shape index (κ2) is 7.73. The lowest BCUT2D eigenvalue weighted by Gasteiger charge is -2.24. The third-order valence-electron chi connectivity index (χ3n) is 3.28. The Hall–Kier alpha value is -1.17. The summed E-state index contributed by atoms with van der Waals surface area (Å²) < 4.78 is 1.08. The summed E-state index contributed by atoms with van der Waals surface area (Å²) >= 11 is 5.09. The first-order valence-electron chi connectivity index (χ1n) is 6.92. The minimum atomic E-state index is -0.490. The molecule has 0 aliphatic heterocycles. The van der Waals surface area contributed by atoms with Crippen molar-refractivity contribution in [3.8, 4) is 0 Å². The molecule has 1 aromatic heterocycles. The molecule has 1 atom stereocenters. The maximum absolute atomic E-state index is 12.5. The van der Waals surface area contributed by atoms with Gasteiger partial charge >= 0.3 is 0 Å². The number of nitrogens with two attached hydrogens (primary N) is 1. The number of halogens is 1. The largest absolute Gasteiger partial charge is 0.336 e. The standard InChI is InChI=1S/C16H19BrN2OS/c1-2-19(11-13-8-9-15(17)21-13)16(20)14(18)10-12-6-4-3-5-7-12/h3-9,14H,2,10-11,18H2,1H3. The number of amides is 1. The summed E-state index contributed by atoms with van der Waals surface area (Å²) in [6, 6.07) is 13.4. The highest BCUT2D eigenvalue weighted by Gasteiger charge is 2.20. The van der Waals surface area contributed by atoms with Gasteiger partial charge in [0.05, 0.1) is 16.4 Å². The quantitative estimate of drug-likeness (QED) is 0.850. The molecule has 0 fully saturated rings. The molecular weight excluding hydrogens is 348 g/mol. The maximum atomic E-state index is 12.5. The van der Waals surface area contributed by atoms with Crippen LogP contribution in [0.2, 0.25) is 0 Å². The Morgan fingerprint density at radius 3 is 2.57 bits per heavy atom. The molecule has 5 heteroatoms. The van der Waals surface area contributed by atoms with Crippen molar-refractivity contribution in [2.75, 3.05) is 6.54 Å². The number of thiophene rings is 1. The van der Waals surface area contributed by atoms with Crippen molar-refractivity contribution in [1.82, 2.24) is 4.90 Å². The Morgan fingerprint density at radius 2 is 2.00 bits per heavy atom. The first kappa shape index (κ1) is 16.2. The van der Waals surface area contributed by atoms with Gasteiger partial charge in [-0.3, -0.25) is 4.79 Å². The highest BCUT2D eigenvalue weighted by Crippen LogP contribution is 2.23. The smallest absolute Gasteiger partial charge is 0.240 e. The van der Waals surface area contributed by atoms with Crippen LogP contribution in [0.15, 0.2) is 46.3 Å². The monoisotopic (exact) mass is 366 g/mol. The van der Waals surface area contributed by atoms with Crippen LogP contribution in [0, 0.1) is 0 Å². The lowest BCUT2D eigenvalue weighted by Crippen LogP contribution is -2.44. The summed E-state index contributed by atoms with van der Waals surface area (Å²) in [5.41, 5.74) is 7.18. The van der Waals surface area contributed by atoms with Crippen LogP contribution in [0.3, 0.4) is 0 Å². The lowest BCUT2D eigenvalue weighted by atomic mass is 10.1. The van der Waals surface area contributed by atoms with Gasteiger partial charge in [-0.1, -0.05) is 30.3 Å². The van der Waals surface area contributed by atoms with Crippen LogP contribution in [0.5, 0.6) is 0 Å². The molecule has 2 rings (SSSR count). The van der Waals surface area contributed by atoms with E-state index >= 15 is 0 Å². The minimum absolute atomic E-state index is 0.00544. The van der Waals surface area contributed by atoms with Crippen molar-refractivity contribution in [3.63, 3.8) is 0 Å². The predicted molar refractivity (Wildman–Crippen MR) is 91.2 cm³/mol. The molecule has 0 saturated carbocycles. The second-order valence-electron chi connectivity index (χ2n) is 4.85. The SMILES string of the molecule is CCN(Cc1ccc(Br)s1)C(=O)C(N)Cc1ccccc1. The zero-order valence-corrected chi connectivity index (χ0v) is 14.4. The second-order valence-corrected chi connectivity index (χ2v) is 7.40. The summed E-state index contributed by atoms with van der Waals surface area (Å²) in [4.78, 5) is 15.5. The first-order valence-corrected chi connectivity index (χ1v) is 8.53. The van der Waals surface area contributed by atoms with E-state index in [1.807, 2.05) is 54.3 Å². The van der Waals surface area contributed by atoms with Crippen molar-refractivity contribution in [3.05, 3.63) is 56.7 Å². The van der Waals surface area contributed by atoms with Crippen LogP contribution >= 0.6 is 27.3 Å². The molecule has 112 valence electrons. The maximum Gasteiger partial charge on any atom is 0.240 e. The Morgan fingerprint density at radius 1 is 1.29 bits per heavy atom. The van der Waals surface area contributed by atoms with Gasteiger partial charge in [0.25, 0.3) is 0 Å². The minimum Gasteiger partial charge on any atom is -0.336 e. The van der Waals surface area contributed by atoms with Gasteiger partial charge < -0.3 is 10.6 Å². The summed E-state index contributed by atoms with van der Waals surface area (Å²) in [5.74, 6) is 0.00544. The molecule has 1 unspecified atom stereocenters. The van der Waals surface area contributed by atoms with Crippen molar-refractivity contribution in [2.45, 2.75) is 25.9 Å². The fourth-order valence-corrected chi connectivity index (χ4v) is 3.66. The average molecular weight is 367 g/mol. The van der Waals surface area contributed by atoms with Gasteiger partial charge in [-0.25, -0.2) is 0 Å². The molecule has 1 heterocycles. The molecule has 21 heavy (non-hydrogen) atoms. The van der Waals surface area contributed by atoms with E-state index in [1.54, 1.807) is 11.3 Å². The fourth-order valence-electron chi connectivity index (χ4n) is 2.16. The van der Waals surface area contributed by atoms with Crippen LogP contribution in [0.25, 0.3) is 0 Å². The molecule has 0 saturated heterocycles. The molecule has 1 amide bonds. The van der Waals surface area contributed by atoms with Crippen LogP contribution in [-0.4, -0.2) is 23.4 Å². The van der Waals surface area contributed by atoms with Crippen molar-refractivity contribution >= 4 is 33.2 Å². The van der Waals surface area contributed by atoms with Gasteiger partial charge in [0.1, 0.15) is 0 Å². The van der Waals surface area contributed by atoms with E-state index in [4.69, 9.17) is 5.73 Å². The molecule has 0 bridgehead atoms. The van der Waals surface area contributed by atoms with Crippen molar-refractivity contribution < 1.29 is 4.79 Å². The fraction of sp³-hybridized carbons (Fsp3) is 0.312. The van der Waals surface area contributed by atoms with Crippen LogP contribution in [0.1, 0.15) is 17.4 Å². The van der Waals surface area contributed by atoms with E-state index in [-0.39, 0.29) is 5.91 Å². The van der Waals surface area contributed by atoms with Gasteiger partial charge in [0, 0.05) is 11.4 Å². The highest BCUT2D eigenvalue weighted by atomic mass is 79.9. The van der Waals surface area contributed by atoms with E-state index in [0.717, 1.165) is 14.2 Å². The van der Waals surface area contributed by atoms with Crippen molar-refractivity contribution in [2.24, 2.45) is 5.73 Å². The molecule has 1 aromatic carbocycles. The first-order chi connectivity index (χ1) is 10.1. The third-order valence-corrected chi connectivity index (χ3v) is 4.89. The van der Waals surface area contributed by atoms with Gasteiger partial charge in [0.2, 0.25) is 5.91 Å². The van der Waals surface area contributed by atoms with E-state index < -0.39 is 6.04 Å². The van der Waals surface area contributed by atoms with E-state index in [0.29, 0.717) is 19.5 Å². The molecule has 3 nitrogen and oxygen atoms in total. The molecular formula is C16H19BrN2OS. The van der Waals surface area contributed by atoms with Crippen LogP contribution in [0.4, 0.5) is 0 Å². The number of hydrogen-bond donors (Lipinski definition) is 1. The van der Waals surface area contributed by atoms with E-state index in [1.165, 1.54) is 0 Å². The Kier molecular flexibility index (Phi) is 5.96. The molecule has 0 aliphatic rings. The Bertz CT molecular complexity index is 585. The summed E-state index contributed by atoms with van der Waals surface area (Å²) in [5, 5.41) is 0. The van der Waals surface area contributed by atoms with E-state index in [9.17, 15) is 4.79 Å². The molecule has 0 aliphatic carbocycles. The summed E-state index contributed by atoms with van der Waals surface area (Å²) in [7, 11) is 0. The Labute approximate surface area is 137 Å². The van der Waals surface area contributed by atoms with Crippen LogP contribution in [-0.2, 0) is 17.8 Å². The number of carbonyl (C=O) groups excluding carboxylic acids is 1. The number of nitrogens with zero attached hydrogens (tertiary/aromatic N) is 1. The molecule has 2 aromatic rings. The normalized spacial score (nSPS) is 12.1. The zero-order valence-electron chi connectivity index (χ0n) is 12.0. The van der Waals surface area contributed by atoms with Gasteiger partial charge in [-0.05, 0) is 47.0 Å². The highest BCUT2D eigenvalue weighted by molar-refractivity contribution is 9.11. The van der Waals surface area contributed by atoms with Gasteiger partial charge in [-0.2, -0.15) is 0 Å². The van der Waals surface area contributed by atoms with Gasteiger partial charge in [-0.15, -0.1) is 11.3 Å². The Balaban J connectivity index is 1.98. The van der Waals surface area contributed by atoms with E-state index in [2.05, 4.69) is 15.9 Å². The number of rotatable bonds is 6. The van der Waals surface area contributed by atoms with Crippen molar-refractivity contribution in [1.29, 1.82) is 0 Å². The average Bonchev–Trinajstić information content (AvgIpc) is 2.90. The zero-order chi connectivity index (χ0) is 15.2. The topological polar surface area (TPSA) is 46.3 Å². The van der Waals surface area contributed by atoms with Crippen LogP contribution < -0.4 is 5.73 Å². The molecule has 0 radical (unpaired) electrons. The van der Waals surface area contributed by atoms with Gasteiger partial charge in [0.15, 0.2) is 0 Å². The molecule has 2 N–H and O–H groups in total. The lowest BCUT2D eigenvalue weighted by molar-refractivity contribution is -0.132. The third kappa shape index (κ3) is 4.66. The summed E-state index contributed by atoms with van der Waals surface area (Å²) in [6.07, 6.45) is 0.574. The number of benzene rings is 1. The number of hydrogen-bond acceptors (Lipinski definition) is 3.